The molecule has 2 aromatic carbocycles. The van der Waals surface area contributed by atoms with Crippen molar-refractivity contribution in [1.82, 2.24) is 4.57 Å². The van der Waals surface area contributed by atoms with E-state index in [1.165, 1.54) is 28.0 Å². The summed E-state index contributed by atoms with van der Waals surface area (Å²) in [6.07, 6.45) is 0. The quantitative estimate of drug-likeness (QED) is 0.734. The molecule has 1 heterocycles. The second-order valence-corrected chi connectivity index (χ2v) is 8.13. The van der Waals surface area contributed by atoms with Crippen molar-refractivity contribution in [1.29, 1.82) is 0 Å². The molecule has 0 spiro atoms. The lowest BCUT2D eigenvalue weighted by atomic mass is 10.1. The second kappa shape index (κ2) is 7.45. The average molecular weight is 373 g/mol. The Balaban J connectivity index is 1.58. The van der Waals surface area contributed by atoms with Crippen molar-refractivity contribution in [2.24, 2.45) is 7.05 Å². The Morgan fingerprint density at radius 1 is 1.16 bits per heavy atom. The minimum atomic E-state index is -0.0306. The van der Waals surface area contributed by atoms with Gasteiger partial charge in [0.15, 0.2) is 0 Å². The van der Waals surface area contributed by atoms with Gasteiger partial charge in [0.05, 0.1) is 16.0 Å². The van der Waals surface area contributed by atoms with Gasteiger partial charge in [0.2, 0.25) is 5.91 Å². The van der Waals surface area contributed by atoms with Crippen molar-refractivity contribution in [3.05, 3.63) is 62.8 Å². The first-order valence-corrected chi connectivity index (χ1v) is 9.94. The number of benzene rings is 2. The smallest absolute Gasteiger partial charge is 0.307 e. The lowest BCUT2D eigenvalue weighted by Gasteiger charge is -2.07. The van der Waals surface area contributed by atoms with Crippen LogP contribution in [0.2, 0.25) is 0 Å². The number of fused-ring (bicyclic) bond motifs is 1. The van der Waals surface area contributed by atoms with Crippen LogP contribution in [0.3, 0.4) is 0 Å². The van der Waals surface area contributed by atoms with Crippen molar-refractivity contribution in [2.45, 2.75) is 19.6 Å². The minimum Gasteiger partial charge on any atom is -0.325 e. The molecule has 25 heavy (non-hydrogen) atoms. The van der Waals surface area contributed by atoms with E-state index in [1.807, 2.05) is 18.2 Å². The maximum atomic E-state index is 12.1. The topological polar surface area (TPSA) is 51.1 Å². The molecule has 0 aliphatic rings. The fraction of sp³-hybridized carbons (Fsp3) is 0.263. The number of thiazole rings is 1. The monoisotopic (exact) mass is 372 g/mol. The van der Waals surface area contributed by atoms with Crippen LogP contribution in [0.1, 0.15) is 16.7 Å². The third-order valence-electron chi connectivity index (χ3n) is 3.86. The second-order valence-electron chi connectivity index (χ2n) is 6.15. The number of amides is 1. The number of hydrogen-bond donors (Lipinski definition) is 1. The van der Waals surface area contributed by atoms with Gasteiger partial charge in [0.1, 0.15) is 0 Å². The van der Waals surface area contributed by atoms with E-state index in [9.17, 15) is 9.59 Å². The molecule has 1 aromatic heterocycles. The summed E-state index contributed by atoms with van der Waals surface area (Å²) in [6, 6.07) is 12.0. The third-order valence-corrected chi connectivity index (χ3v) is 5.86. The number of nitrogens with zero attached hydrogens (tertiary/aromatic N) is 1. The zero-order valence-corrected chi connectivity index (χ0v) is 16.1. The summed E-state index contributed by atoms with van der Waals surface area (Å²) in [5.41, 5.74) is 5.35. The zero-order chi connectivity index (χ0) is 18.0. The van der Waals surface area contributed by atoms with Crippen LogP contribution in [0, 0.1) is 13.8 Å². The van der Waals surface area contributed by atoms with E-state index in [-0.39, 0.29) is 10.8 Å². The molecule has 0 aliphatic carbocycles. The Labute approximate surface area is 154 Å². The summed E-state index contributed by atoms with van der Waals surface area (Å²) >= 11 is 2.79. The van der Waals surface area contributed by atoms with Crippen LogP contribution < -0.4 is 10.2 Å². The van der Waals surface area contributed by atoms with E-state index >= 15 is 0 Å². The van der Waals surface area contributed by atoms with Crippen molar-refractivity contribution in [2.75, 3.05) is 11.1 Å². The standard InChI is InChI=1S/C19H20N2O2S2/c1-12-6-13(2)8-14(7-12)10-24-11-18(22)20-15-4-5-16-17(9-15)25-19(23)21(16)3/h4-9H,10-11H2,1-3H3,(H,20,22). The number of aromatic nitrogens is 1. The molecule has 1 amide bonds. The van der Waals surface area contributed by atoms with Crippen LogP contribution in [-0.2, 0) is 17.6 Å². The molecule has 0 unspecified atom stereocenters. The molecule has 0 saturated carbocycles. The normalized spacial score (nSPS) is 11.0. The molecule has 0 saturated heterocycles. The highest BCUT2D eigenvalue weighted by Crippen LogP contribution is 2.22. The van der Waals surface area contributed by atoms with Gasteiger partial charge in [-0.2, -0.15) is 0 Å². The Hall–Kier alpha value is -2.05. The molecule has 3 aromatic rings. The van der Waals surface area contributed by atoms with Crippen molar-refractivity contribution >= 4 is 44.9 Å². The maximum Gasteiger partial charge on any atom is 0.307 e. The number of hydrogen-bond acceptors (Lipinski definition) is 4. The Morgan fingerprint density at radius 3 is 2.60 bits per heavy atom. The third kappa shape index (κ3) is 4.32. The summed E-state index contributed by atoms with van der Waals surface area (Å²) in [5, 5.41) is 2.91. The van der Waals surface area contributed by atoms with E-state index in [2.05, 4.69) is 37.4 Å². The van der Waals surface area contributed by atoms with Gasteiger partial charge < -0.3 is 9.88 Å². The molecule has 0 fully saturated rings. The number of aryl methyl sites for hydroxylation is 3. The van der Waals surface area contributed by atoms with E-state index < -0.39 is 0 Å². The Morgan fingerprint density at radius 2 is 1.88 bits per heavy atom. The summed E-state index contributed by atoms with van der Waals surface area (Å²) in [5.74, 6) is 1.18. The summed E-state index contributed by atoms with van der Waals surface area (Å²) in [4.78, 5) is 23.8. The molecule has 0 bridgehead atoms. The van der Waals surface area contributed by atoms with Gasteiger partial charge in [-0.1, -0.05) is 40.7 Å². The number of thioether (sulfide) groups is 1. The number of rotatable bonds is 5. The van der Waals surface area contributed by atoms with Gasteiger partial charge in [-0.3, -0.25) is 9.59 Å². The van der Waals surface area contributed by atoms with Crippen LogP contribution in [-0.4, -0.2) is 16.2 Å². The molecule has 4 nitrogen and oxygen atoms in total. The SMILES string of the molecule is Cc1cc(C)cc(CSCC(=O)Nc2ccc3c(c2)sc(=O)n3C)c1. The molecule has 6 heteroatoms. The zero-order valence-electron chi connectivity index (χ0n) is 14.5. The number of nitrogens with one attached hydrogen (secondary N) is 1. The van der Waals surface area contributed by atoms with Gasteiger partial charge in [-0.25, -0.2) is 0 Å². The number of carbonyl (C=O) groups is 1. The van der Waals surface area contributed by atoms with Gasteiger partial charge in [-0.05, 0) is 37.6 Å². The first kappa shape index (κ1) is 17.8. The van der Waals surface area contributed by atoms with E-state index in [4.69, 9.17) is 0 Å². The molecule has 130 valence electrons. The van der Waals surface area contributed by atoms with Crippen LogP contribution >= 0.6 is 23.1 Å². The summed E-state index contributed by atoms with van der Waals surface area (Å²) in [6.45, 7) is 4.17. The van der Waals surface area contributed by atoms with Crippen molar-refractivity contribution in [3.8, 4) is 0 Å². The van der Waals surface area contributed by atoms with Crippen LogP contribution in [0.4, 0.5) is 5.69 Å². The molecular weight excluding hydrogens is 352 g/mol. The van der Waals surface area contributed by atoms with Crippen LogP contribution in [0.15, 0.2) is 41.2 Å². The van der Waals surface area contributed by atoms with Gasteiger partial charge in [-0.15, -0.1) is 11.8 Å². The summed E-state index contributed by atoms with van der Waals surface area (Å²) in [7, 11) is 1.75. The van der Waals surface area contributed by atoms with Gasteiger partial charge >= 0.3 is 4.87 Å². The van der Waals surface area contributed by atoms with E-state index in [0.29, 0.717) is 5.75 Å². The Kier molecular flexibility index (Phi) is 5.30. The lowest BCUT2D eigenvalue weighted by molar-refractivity contribution is -0.113. The molecule has 1 N–H and O–H groups in total. The van der Waals surface area contributed by atoms with Gasteiger partial charge in [0, 0.05) is 18.5 Å². The fourth-order valence-corrected chi connectivity index (χ4v) is 4.50. The lowest BCUT2D eigenvalue weighted by Crippen LogP contribution is -2.14. The van der Waals surface area contributed by atoms with Gasteiger partial charge in [0.25, 0.3) is 0 Å². The number of carbonyl (C=O) groups excluding carboxylic acids is 1. The van der Waals surface area contributed by atoms with Crippen LogP contribution in [0.5, 0.6) is 0 Å². The molecule has 0 atom stereocenters. The average Bonchev–Trinajstić information content (AvgIpc) is 2.80. The van der Waals surface area contributed by atoms with E-state index in [0.717, 1.165) is 21.7 Å². The first-order chi connectivity index (χ1) is 11.9. The van der Waals surface area contributed by atoms with E-state index in [1.54, 1.807) is 23.4 Å². The predicted molar refractivity (Wildman–Crippen MR) is 108 cm³/mol. The highest BCUT2D eigenvalue weighted by Gasteiger charge is 2.07. The van der Waals surface area contributed by atoms with Crippen LogP contribution in [0.25, 0.3) is 10.2 Å². The highest BCUT2D eigenvalue weighted by atomic mass is 32.2. The molecular formula is C19H20N2O2S2. The fourth-order valence-electron chi connectivity index (χ4n) is 2.82. The largest absolute Gasteiger partial charge is 0.325 e. The molecule has 3 rings (SSSR count). The Bertz CT molecular complexity index is 968. The van der Waals surface area contributed by atoms with Crippen molar-refractivity contribution < 1.29 is 4.79 Å². The minimum absolute atomic E-state index is 0.00230. The highest BCUT2D eigenvalue weighted by molar-refractivity contribution is 7.99. The van der Waals surface area contributed by atoms with Crippen molar-refractivity contribution in [3.63, 3.8) is 0 Å². The summed E-state index contributed by atoms with van der Waals surface area (Å²) < 4.78 is 2.50. The first-order valence-electron chi connectivity index (χ1n) is 7.97. The maximum absolute atomic E-state index is 12.1. The predicted octanol–water partition coefficient (Wildman–Crippen LogP) is 4.09. The molecule has 0 aliphatic heterocycles. The number of anilines is 1. The molecule has 0 radical (unpaired) electrons.